The fraction of sp³-hybridized carbons (Fsp3) is 0.429. The van der Waals surface area contributed by atoms with E-state index in [0.29, 0.717) is 6.54 Å². The highest BCUT2D eigenvalue weighted by Crippen LogP contribution is 2.12. The van der Waals surface area contributed by atoms with Crippen molar-refractivity contribution in [1.29, 1.82) is 0 Å². The summed E-state index contributed by atoms with van der Waals surface area (Å²) in [6.07, 6.45) is 1.22. The first-order chi connectivity index (χ1) is 8.36. The molecule has 92 valence electrons. The summed E-state index contributed by atoms with van der Waals surface area (Å²) in [5.74, 6) is 8.96. The van der Waals surface area contributed by atoms with E-state index < -0.39 is 0 Å². The summed E-state index contributed by atoms with van der Waals surface area (Å²) in [5.41, 5.74) is 6.29. The average molecular weight is 249 g/mol. The first-order valence-corrected chi connectivity index (χ1v) is 7.02. The Morgan fingerprint density at radius 3 is 2.65 bits per heavy atom. The maximum Gasteiger partial charge on any atom is 0.119 e. The maximum atomic E-state index is 5.62. The number of thioether (sulfide) groups is 1. The summed E-state index contributed by atoms with van der Waals surface area (Å²) in [6.45, 7) is 3.35. The lowest BCUT2D eigenvalue weighted by Crippen LogP contribution is -2.00. The van der Waals surface area contributed by atoms with Crippen molar-refractivity contribution in [2.24, 2.45) is 5.73 Å². The van der Waals surface area contributed by atoms with E-state index in [1.165, 1.54) is 12.2 Å². The van der Waals surface area contributed by atoms with Crippen LogP contribution in [-0.2, 0) is 0 Å². The second-order valence-electron chi connectivity index (χ2n) is 3.49. The molecular weight excluding hydrogens is 230 g/mol. The number of nitrogens with two attached hydrogens (primary N) is 1. The zero-order valence-electron chi connectivity index (χ0n) is 10.2. The van der Waals surface area contributed by atoms with Gasteiger partial charge in [-0.05, 0) is 36.4 Å². The molecule has 0 heterocycles. The predicted octanol–water partition coefficient (Wildman–Crippen LogP) is 2.52. The van der Waals surface area contributed by atoms with Crippen LogP contribution in [0, 0.1) is 11.8 Å². The molecule has 0 aliphatic rings. The van der Waals surface area contributed by atoms with E-state index in [9.17, 15) is 0 Å². The molecule has 1 aromatic carbocycles. The molecule has 1 aromatic rings. The number of hydrogen-bond acceptors (Lipinski definition) is 3. The highest BCUT2D eigenvalue weighted by atomic mass is 32.2. The molecule has 0 unspecified atom stereocenters. The summed E-state index contributed by atoms with van der Waals surface area (Å²) in [4.78, 5) is 0. The van der Waals surface area contributed by atoms with Crippen LogP contribution in [0.5, 0.6) is 5.75 Å². The number of rotatable bonds is 6. The third kappa shape index (κ3) is 6.25. The molecule has 17 heavy (non-hydrogen) atoms. The Balaban J connectivity index is 2.30. The van der Waals surface area contributed by atoms with Crippen molar-refractivity contribution >= 4 is 11.8 Å². The molecule has 0 aromatic heterocycles. The molecule has 0 amide bonds. The quantitative estimate of drug-likeness (QED) is 0.621. The third-order valence-corrected chi connectivity index (χ3v) is 3.19. The summed E-state index contributed by atoms with van der Waals surface area (Å²) < 4.78 is 5.62. The Labute approximate surface area is 108 Å². The molecule has 1 rings (SSSR count). The van der Waals surface area contributed by atoms with Crippen LogP contribution in [0.25, 0.3) is 0 Å². The zero-order valence-corrected chi connectivity index (χ0v) is 11.1. The summed E-state index contributed by atoms with van der Waals surface area (Å²) in [6, 6.07) is 7.81. The van der Waals surface area contributed by atoms with Gasteiger partial charge in [-0.3, -0.25) is 0 Å². The lowest BCUT2D eigenvalue weighted by molar-refractivity contribution is 0.344. The molecule has 0 aliphatic heterocycles. The van der Waals surface area contributed by atoms with Crippen molar-refractivity contribution in [3.05, 3.63) is 29.8 Å². The Morgan fingerprint density at radius 1 is 1.24 bits per heavy atom. The van der Waals surface area contributed by atoms with Crippen molar-refractivity contribution in [1.82, 2.24) is 0 Å². The molecule has 0 saturated carbocycles. The summed E-state index contributed by atoms with van der Waals surface area (Å²) in [5, 5.41) is 0. The molecule has 0 bridgehead atoms. The first kappa shape index (κ1) is 14.0. The number of ether oxygens (including phenoxy) is 1. The molecule has 0 fully saturated rings. The van der Waals surface area contributed by atoms with Gasteiger partial charge in [0.05, 0.1) is 13.2 Å². The fourth-order valence-electron chi connectivity index (χ4n) is 1.25. The normalized spacial score (nSPS) is 9.53. The van der Waals surface area contributed by atoms with Gasteiger partial charge in [-0.1, -0.05) is 18.8 Å². The molecule has 0 radical (unpaired) electrons. The van der Waals surface area contributed by atoms with Gasteiger partial charge in [-0.2, -0.15) is 11.8 Å². The summed E-state index contributed by atoms with van der Waals surface area (Å²) in [7, 11) is 0. The van der Waals surface area contributed by atoms with Gasteiger partial charge in [-0.25, -0.2) is 0 Å². The Bertz CT molecular complexity index is 364. The highest BCUT2D eigenvalue weighted by Gasteiger charge is 1.94. The van der Waals surface area contributed by atoms with Crippen LogP contribution in [0.3, 0.4) is 0 Å². The minimum atomic E-state index is 0.396. The predicted molar refractivity (Wildman–Crippen MR) is 75.5 cm³/mol. The van der Waals surface area contributed by atoms with E-state index in [1.54, 1.807) is 0 Å². The molecule has 0 atom stereocenters. The van der Waals surface area contributed by atoms with E-state index >= 15 is 0 Å². The van der Waals surface area contributed by atoms with Crippen molar-refractivity contribution in [2.45, 2.75) is 13.3 Å². The zero-order chi connectivity index (χ0) is 12.3. The van der Waals surface area contributed by atoms with Crippen LogP contribution in [0.15, 0.2) is 24.3 Å². The van der Waals surface area contributed by atoms with E-state index in [0.717, 1.165) is 23.7 Å². The van der Waals surface area contributed by atoms with Gasteiger partial charge in [0, 0.05) is 11.3 Å². The molecule has 2 N–H and O–H groups in total. The highest BCUT2D eigenvalue weighted by molar-refractivity contribution is 7.99. The smallest absolute Gasteiger partial charge is 0.119 e. The van der Waals surface area contributed by atoms with Gasteiger partial charge in [-0.15, -0.1) is 0 Å². The van der Waals surface area contributed by atoms with Crippen LogP contribution in [0.2, 0.25) is 0 Å². The molecular formula is C14H19NOS. The average Bonchev–Trinajstić information content (AvgIpc) is 2.37. The summed E-state index contributed by atoms with van der Waals surface area (Å²) >= 11 is 1.93. The first-order valence-electron chi connectivity index (χ1n) is 5.86. The van der Waals surface area contributed by atoms with Crippen LogP contribution in [0.1, 0.15) is 18.9 Å². The molecule has 0 spiro atoms. The Kier molecular flexibility index (Phi) is 7.37. The number of hydrogen-bond donors (Lipinski definition) is 1. The molecule has 3 heteroatoms. The minimum absolute atomic E-state index is 0.396. The maximum absolute atomic E-state index is 5.62. The van der Waals surface area contributed by atoms with Crippen LogP contribution in [0.4, 0.5) is 0 Å². The van der Waals surface area contributed by atoms with Crippen LogP contribution < -0.4 is 10.5 Å². The van der Waals surface area contributed by atoms with E-state index in [-0.39, 0.29) is 0 Å². The topological polar surface area (TPSA) is 35.2 Å². The molecule has 2 nitrogen and oxygen atoms in total. The van der Waals surface area contributed by atoms with E-state index in [2.05, 4.69) is 18.8 Å². The van der Waals surface area contributed by atoms with Gasteiger partial charge in [0.1, 0.15) is 5.75 Å². The monoisotopic (exact) mass is 249 g/mol. The SMILES string of the molecule is CCCSCCOc1ccc(C#CCN)cc1. The lowest BCUT2D eigenvalue weighted by Gasteiger charge is -2.05. The van der Waals surface area contributed by atoms with Crippen molar-refractivity contribution in [2.75, 3.05) is 24.7 Å². The second kappa shape index (κ2) is 8.98. The largest absolute Gasteiger partial charge is 0.493 e. The van der Waals surface area contributed by atoms with Gasteiger partial charge >= 0.3 is 0 Å². The Hall–Kier alpha value is -1.11. The van der Waals surface area contributed by atoms with Crippen LogP contribution >= 0.6 is 11.8 Å². The van der Waals surface area contributed by atoms with Crippen LogP contribution in [-0.4, -0.2) is 24.7 Å². The van der Waals surface area contributed by atoms with Crippen molar-refractivity contribution in [3.8, 4) is 17.6 Å². The number of benzene rings is 1. The fourth-order valence-corrected chi connectivity index (χ4v) is 1.95. The minimum Gasteiger partial charge on any atom is -0.493 e. The van der Waals surface area contributed by atoms with E-state index in [1.807, 2.05) is 36.0 Å². The second-order valence-corrected chi connectivity index (χ2v) is 4.72. The van der Waals surface area contributed by atoms with Gasteiger partial charge in [0.15, 0.2) is 0 Å². The third-order valence-electron chi connectivity index (χ3n) is 2.03. The van der Waals surface area contributed by atoms with Gasteiger partial charge < -0.3 is 10.5 Å². The van der Waals surface area contributed by atoms with Gasteiger partial charge in [0.25, 0.3) is 0 Å². The lowest BCUT2D eigenvalue weighted by atomic mass is 10.2. The molecule has 0 aliphatic carbocycles. The van der Waals surface area contributed by atoms with E-state index in [4.69, 9.17) is 10.5 Å². The van der Waals surface area contributed by atoms with Crippen molar-refractivity contribution in [3.63, 3.8) is 0 Å². The van der Waals surface area contributed by atoms with Crippen molar-refractivity contribution < 1.29 is 4.74 Å². The van der Waals surface area contributed by atoms with Gasteiger partial charge in [0.2, 0.25) is 0 Å². The Morgan fingerprint density at radius 2 is 2.00 bits per heavy atom. The molecule has 0 saturated heterocycles. The standard InChI is InChI=1S/C14H19NOS/c1-2-11-17-12-10-16-14-7-5-13(6-8-14)4-3-9-15/h5-8H,2,9-12,15H2,1H3.